The first-order valence-electron chi connectivity index (χ1n) is 8.22. The van der Waals surface area contributed by atoms with Crippen molar-refractivity contribution in [1.82, 2.24) is 4.90 Å². The van der Waals surface area contributed by atoms with E-state index < -0.39 is 5.91 Å². The highest BCUT2D eigenvalue weighted by Crippen LogP contribution is 2.35. The van der Waals surface area contributed by atoms with Crippen LogP contribution in [-0.2, 0) is 9.59 Å². The van der Waals surface area contributed by atoms with E-state index in [9.17, 15) is 14.0 Å². The fourth-order valence-corrected chi connectivity index (χ4v) is 2.91. The lowest BCUT2D eigenvalue weighted by molar-refractivity contribution is -0.138. The number of para-hydroxylation sites is 1. The van der Waals surface area contributed by atoms with Crippen molar-refractivity contribution in [3.8, 4) is 5.75 Å². The van der Waals surface area contributed by atoms with Gasteiger partial charge in [-0.1, -0.05) is 18.2 Å². The molecule has 2 amide bonds. The third-order valence-corrected chi connectivity index (χ3v) is 4.12. The predicted octanol–water partition coefficient (Wildman–Crippen LogP) is 3.43. The Hall–Kier alpha value is -3.15. The summed E-state index contributed by atoms with van der Waals surface area (Å²) >= 11 is 0. The SMILES string of the molecule is COc1ccccc1C1=C(Nc2ccc(F)cc2)C(=O)N(C(C)C)C1=O. The quantitative estimate of drug-likeness (QED) is 0.836. The van der Waals surface area contributed by atoms with Crippen LogP contribution in [0.25, 0.3) is 5.57 Å². The van der Waals surface area contributed by atoms with Gasteiger partial charge in [-0.25, -0.2) is 4.39 Å². The third-order valence-electron chi connectivity index (χ3n) is 4.12. The van der Waals surface area contributed by atoms with Crippen molar-refractivity contribution in [2.45, 2.75) is 19.9 Å². The molecule has 0 aliphatic carbocycles. The molecule has 2 aromatic rings. The zero-order valence-corrected chi connectivity index (χ0v) is 14.7. The zero-order chi connectivity index (χ0) is 18.8. The molecule has 0 unspecified atom stereocenters. The van der Waals surface area contributed by atoms with Crippen molar-refractivity contribution in [2.75, 3.05) is 12.4 Å². The molecule has 5 nitrogen and oxygen atoms in total. The second kappa shape index (κ2) is 7.00. The third kappa shape index (κ3) is 3.06. The van der Waals surface area contributed by atoms with Crippen LogP contribution >= 0.6 is 0 Å². The number of methoxy groups -OCH3 is 1. The van der Waals surface area contributed by atoms with Gasteiger partial charge in [-0.2, -0.15) is 0 Å². The molecule has 0 saturated carbocycles. The maximum atomic E-state index is 13.2. The Kier molecular flexibility index (Phi) is 4.75. The Bertz CT molecular complexity index is 888. The second-order valence-corrected chi connectivity index (χ2v) is 6.16. The molecule has 0 spiro atoms. The lowest BCUT2D eigenvalue weighted by Crippen LogP contribution is -2.38. The predicted molar refractivity (Wildman–Crippen MR) is 96.9 cm³/mol. The fourth-order valence-electron chi connectivity index (χ4n) is 2.91. The largest absolute Gasteiger partial charge is 0.496 e. The van der Waals surface area contributed by atoms with Crippen LogP contribution in [0, 0.1) is 5.82 Å². The summed E-state index contributed by atoms with van der Waals surface area (Å²) < 4.78 is 18.5. The molecule has 6 heteroatoms. The molecule has 1 heterocycles. The van der Waals surface area contributed by atoms with E-state index in [1.165, 1.54) is 36.3 Å². The molecule has 0 bridgehead atoms. The highest BCUT2D eigenvalue weighted by molar-refractivity contribution is 6.37. The van der Waals surface area contributed by atoms with Crippen molar-refractivity contribution in [3.63, 3.8) is 0 Å². The summed E-state index contributed by atoms with van der Waals surface area (Å²) in [4.78, 5) is 27.1. The minimum atomic E-state index is -0.421. The van der Waals surface area contributed by atoms with Gasteiger partial charge in [0.25, 0.3) is 11.8 Å². The summed E-state index contributed by atoms with van der Waals surface area (Å²) in [5.41, 5.74) is 1.44. The molecular weight excluding hydrogens is 335 g/mol. The molecule has 1 aliphatic rings. The van der Waals surface area contributed by atoms with Gasteiger partial charge in [0, 0.05) is 17.3 Å². The van der Waals surface area contributed by atoms with Crippen molar-refractivity contribution >= 4 is 23.1 Å². The molecule has 0 fully saturated rings. The number of imide groups is 1. The highest BCUT2D eigenvalue weighted by atomic mass is 19.1. The molecule has 1 aliphatic heterocycles. The maximum Gasteiger partial charge on any atom is 0.278 e. The van der Waals surface area contributed by atoms with Crippen molar-refractivity contribution in [3.05, 3.63) is 65.6 Å². The summed E-state index contributed by atoms with van der Waals surface area (Å²) in [5.74, 6) is -0.700. The normalized spacial score (nSPS) is 14.4. The average molecular weight is 354 g/mol. The van der Waals surface area contributed by atoms with Crippen LogP contribution in [0.4, 0.5) is 10.1 Å². The van der Waals surface area contributed by atoms with Gasteiger partial charge in [0.1, 0.15) is 17.3 Å². The molecular formula is C20H19FN2O3. The van der Waals surface area contributed by atoms with Gasteiger partial charge in [0.05, 0.1) is 12.7 Å². The monoisotopic (exact) mass is 354 g/mol. The van der Waals surface area contributed by atoms with E-state index in [-0.39, 0.29) is 29.0 Å². The van der Waals surface area contributed by atoms with Crippen LogP contribution in [0.2, 0.25) is 0 Å². The number of nitrogens with zero attached hydrogens (tertiary/aromatic N) is 1. The second-order valence-electron chi connectivity index (χ2n) is 6.16. The van der Waals surface area contributed by atoms with Crippen molar-refractivity contribution in [2.24, 2.45) is 0 Å². The molecule has 1 N–H and O–H groups in total. The van der Waals surface area contributed by atoms with Crippen LogP contribution < -0.4 is 10.1 Å². The van der Waals surface area contributed by atoms with E-state index in [0.29, 0.717) is 17.0 Å². The first-order valence-corrected chi connectivity index (χ1v) is 8.22. The number of halogens is 1. The Labute approximate surface area is 151 Å². The Balaban J connectivity index is 2.14. The van der Waals surface area contributed by atoms with Gasteiger partial charge in [-0.15, -0.1) is 0 Å². The Morgan fingerprint density at radius 3 is 2.27 bits per heavy atom. The molecule has 3 rings (SSSR count). The van der Waals surface area contributed by atoms with E-state index in [2.05, 4.69) is 5.32 Å². The van der Waals surface area contributed by atoms with Crippen LogP contribution in [0.15, 0.2) is 54.2 Å². The maximum absolute atomic E-state index is 13.2. The number of hydrogen-bond acceptors (Lipinski definition) is 4. The molecule has 2 aromatic carbocycles. The number of anilines is 1. The number of carbonyl (C=O) groups is 2. The number of nitrogens with one attached hydrogen (secondary N) is 1. The Morgan fingerprint density at radius 2 is 1.65 bits per heavy atom. The zero-order valence-electron chi connectivity index (χ0n) is 14.7. The number of hydrogen-bond donors (Lipinski definition) is 1. The standard InChI is InChI=1S/C20H19FN2O3/c1-12(2)23-19(24)17(15-6-4-5-7-16(15)26-3)18(20(23)25)22-14-10-8-13(21)9-11-14/h4-12,22H,1-3H3. The molecule has 134 valence electrons. The van der Waals surface area contributed by atoms with Crippen LogP contribution in [0.5, 0.6) is 5.75 Å². The van der Waals surface area contributed by atoms with Gasteiger partial charge in [0.2, 0.25) is 0 Å². The van der Waals surface area contributed by atoms with E-state index >= 15 is 0 Å². The summed E-state index contributed by atoms with van der Waals surface area (Å²) in [6, 6.07) is 12.3. The molecule has 26 heavy (non-hydrogen) atoms. The molecule has 0 aromatic heterocycles. The van der Waals surface area contributed by atoms with Crippen LogP contribution in [0.3, 0.4) is 0 Å². The Morgan fingerprint density at radius 1 is 1.00 bits per heavy atom. The van der Waals surface area contributed by atoms with E-state index in [0.717, 1.165) is 0 Å². The lowest BCUT2D eigenvalue weighted by atomic mass is 10.0. The molecule has 0 saturated heterocycles. The smallest absolute Gasteiger partial charge is 0.278 e. The first kappa shape index (κ1) is 17.7. The van der Waals surface area contributed by atoms with E-state index in [1.807, 2.05) is 0 Å². The van der Waals surface area contributed by atoms with Crippen LogP contribution in [-0.4, -0.2) is 29.9 Å². The number of ether oxygens (including phenoxy) is 1. The van der Waals surface area contributed by atoms with Gasteiger partial charge < -0.3 is 10.1 Å². The first-order chi connectivity index (χ1) is 12.4. The number of amides is 2. The minimum Gasteiger partial charge on any atom is -0.496 e. The van der Waals surface area contributed by atoms with E-state index in [1.54, 1.807) is 38.1 Å². The average Bonchev–Trinajstić information content (AvgIpc) is 2.87. The fraction of sp³-hybridized carbons (Fsp3) is 0.200. The van der Waals surface area contributed by atoms with Gasteiger partial charge in [-0.05, 0) is 44.2 Å². The lowest BCUT2D eigenvalue weighted by Gasteiger charge is -2.19. The highest BCUT2D eigenvalue weighted by Gasteiger charge is 2.41. The molecule has 0 atom stereocenters. The van der Waals surface area contributed by atoms with Gasteiger partial charge in [-0.3, -0.25) is 14.5 Å². The topological polar surface area (TPSA) is 58.6 Å². The summed E-state index contributed by atoms with van der Waals surface area (Å²) in [7, 11) is 1.51. The van der Waals surface area contributed by atoms with E-state index in [4.69, 9.17) is 4.74 Å². The minimum absolute atomic E-state index is 0.153. The van der Waals surface area contributed by atoms with Gasteiger partial charge >= 0.3 is 0 Å². The van der Waals surface area contributed by atoms with Crippen LogP contribution in [0.1, 0.15) is 19.4 Å². The van der Waals surface area contributed by atoms with Crippen molar-refractivity contribution < 1.29 is 18.7 Å². The molecule has 0 radical (unpaired) electrons. The summed E-state index contributed by atoms with van der Waals surface area (Å²) in [6.45, 7) is 3.55. The van der Waals surface area contributed by atoms with Crippen molar-refractivity contribution in [1.29, 1.82) is 0 Å². The number of rotatable bonds is 5. The number of carbonyl (C=O) groups excluding carboxylic acids is 2. The summed E-state index contributed by atoms with van der Waals surface area (Å²) in [6.07, 6.45) is 0. The number of benzene rings is 2. The van der Waals surface area contributed by atoms with Gasteiger partial charge in [0.15, 0.2) is 0 Å². The summed E-state index contributed by atoms with van der Waals surface area (Å²) in [5, 5.41) is 2.98.